The minimum absolute atomic E-state index is 0.0520. The van der Waals surface area contributed by atoms with Crippen LogP contribution in [0.4, 0.5) is 5.69 Å². The van der Waals surface area contributed by atoms with Crippen molar-refractivity contribution in [2.75, 3.05) is 32.6 Å². The number of methoxy groups -OCH3 is 2. The summed E-state index contributed by atoms with van der Waals surface area (Å²) < 4.78 is 11.0. The first-order valence-corrected chi connectivity index (χ1v) is 16.4. The van der Waals surface area contributed by atoms with E-state index in [9.17, 15) is 44.1 Å². The van der Waals surface area contributed by atoms with Crippen LogP contribution in [0.1, 0.15) is 70.4 Å². The molecule has 2 aromatic carbocycles. The Labute approximate surface area is 293 Å². The summed E-state index contributed by atoms with van der Waals surface area (Å²) >= 11 is 1.50. The van der Waals surface area contributed by atoms with Gasteiger partial charge in [-0.25, -0.2) is 0 Å². The van der Waals surface area contributed by atoms with Gasteiger partial charge in [-0.3, -0.25) is 28.8 Å². The molecule has 14 heteroatoms. The monoisotopic (exact) mass is 782 g/mol. The smallest absolute Gasteiger partial charge is 0.322 e. The Morgan fingerprint density at radius 1 is 0.878 bits per heavy atom. The minimum Gasteiger partial charge on any atom is -0.507 e. The van der Waals surface area contributed by atoms with Gasteiger partial charge in [-0.1, -0.05) is 11.6 Å². The molecule has 0 amide bonds. The van der Waals surface area contributed by atoms with Crippen LogP contribution in [0.25, 0.3) is 11.1 Å². The Balaban J connectivity index is 1.83. The second-order valence-electron chi connectivity index (χ2n) is 12.2. The van der Waals surface area contributed by atoms with Crippen LogP contribution in [0.15, 0.2) is 46.2 Å². The number of allylic oxidation sites excluding steroid dienone is 6. The summed E-state index contributed by atoms with van der Waals surface area (Å²) in [5.41, 5.74) is 2.39. The van der Waals surface area contributed by atoms with Crippen molar-refractivity contribution in [1.29, 1.82) is 0 Å². The number of rotatable bonds is 12. The zero-order valence-corrected chi connectivity index (χ0v) is 28.9. The molecule has 0 fully saturated rings. The van der Waals surface area contributed by atoms with E-state index in [4.69, 9.17) is 9.47 Å². The van der Waals surface area contributed by atoms with Crippen molar-refractivity contribution in [2.45, 2.75) is 38.5 Å². The number of phenolic OH excluding ortho intramolecular Hbond substituents is 1. The minimum atomic E-state index is -1.24. The lowest BCUT2D eigenvalue weighted by Gasteiger charge is -2.45. The number of benzene rings is 2. The number of halogens is 1. The standard InChI is InChI=1S/C35H31IN2O11/c1-12-8-14-22-28-23(34(46)32(14)38-11-20(43)44)15(37-7-5-6-19(41)42)9-17(48-3)25(28)26-18(49-4)10-16(40)24-30(26)29(22)27(21(12)13(2)39)31(33(24)45)35(36)47/h8-10,21-22,29,37-38,40H,5-7,11H2,1-4H3,(H,41,42)(H,43,44). The molecule has 0 spiro atoms. The van der Waals surface area contributed by atoms with Crippen LogP contribution in [0.2, 0.25) is 0 Å². The first-order chi connectivity index (χ1) is 23.2. The van der Waals surface area contributed by atoms with E-state index < -0.39 is 57.3 Å². The zero-order chi connectivity index (χ0) is 35.6. The number of phenols is 1. The van der Waals surface area contributed by atoms with Gasteiger partial charge in [0.25, 0.3) is 0 Å². The third kappa shape index (κ3) is 5.11. The van der Waals surface area contributed by atoms with E-state index in [2.05, 4.69) is 10.6 Å². The summed E-state index contributed by atoms with van der Waals surface area (Å²) in [6.07, 6.45) is 1.72. The van der Waals surface area contributed by atoms with Crippen molar-refractivity contribution >= 4 is 61.4 Å². The van der Waals surface area contributed by atoms with Crippen molar-refractivity contribution in [3.63, 3.8) is 0 Å². The lowest BCUT2D eigenvalue weighted by atomic mass is 9.57. The van der Waals surface area contributed by atoms with E-state index in [1.807, 2.05) is 0 Å². The van der Waals surface area contributed by atoms with Gasteiger partial charge in [-0.05, 0) is 42.5 Å². The van der Waals surface area contributed by atoms with Crippen LogP contribution >= 0.6 is 22.6 Å². The summed E-state index contributed by atoms with van der Waals surface area (Å²) in [4.78, 5) is 79.0. The number of ether oxygens (including phenoxy) is 2. The molecule has 4 aliphatic carbocycles. The topological polar surface area (TPSA) is 206 Å². The van der Waals surface area contributed by atoms with Gasteiger partial charge in [0, 0.05) is 76.3 Å². The van der Waals surface area contributed by atoms with Crippen LogP contribution < -0.4 is 20.1 Å². The predicted molar refractivity (Wildman–Crippen MR) is 183 cm³/mol. The molecule has 0 aliphatic heterocycles. The lowest BCUT2D eigenvalue weighted by Crippen LogP contribution is -2.39. The van der Waals surface area contributed by atoms with Crippen LogP contribution in [-0.4, -0.2) is 75.7 Å². The van der Waals surface area contributed by atoms with Crippen molar-refractivity contribution < 1.29 is 53.6 Å². The molecule has 6 rings (SSSR count). The van der Waals surface area contributed by atoms with Crippen molar-refractivity contribution in [3.8, 4) is 28.4 Å². The second-order valence-corrected chi connectivity index (χ2v) is 13.2. The highest BCUT2D eigenvalue weighted by Crippen LogP contribution is 2.66. The van der Waals surface area contributed by atoms with Crippen molar-refractivity contribution in [1.82, 2.24) is 5.32 Å². The average Bonchev–Trinajstić information content (AvgIpc) is 3.15. The van der Waals surface area contributed by atoms with Gasteiger partial charge in [0.2, 0.25) is 15.4 Å². The lowest BCUT2D eigenvalue weighted by molar-refractivity contribution is -0.137. The van der Waals surface area contributed by atoms with Crippen LogP contribution in [0, 0.1) is 5.92 Å². The van der Waals surface area contributed by atoms with E-state index in [1.54, 1.807) is 19.1 Å². The number of aliphatic carboxylic acids is 2. The normalized spacial score (nSPS) is 19.9. The maximum atomic E-state index is 14.7. The van der Waals surface area contributed by atoms with E-state index in [0.29, 0.717) is 33.4 Å². The largest absolute Gasteiger partial charge is 0.507 e. The highest BCUT2D eigenvalue weighted by Gasteiger charge is 2.55. The van der Waals surface area contributed by atoms with Crippen molar-refractivity contribution in [2.24, 2.45) is 5.92 Å². The first kappa shape index (κ1) is 33.9. The molecule has 13 nitrogen and oxygen atoms in total. The summed E-state index contributed by atoms with van der Waals surface area (Å²) in [5, 5.41) is 36.2. The molecular weight excluding hydrogens is 751 g/mol. The molecule has 2 aromatic rings. The number of ketones is 3. The number of hydrogen-bond acceptors (Lipinski definition) is 11. The highest BCUT2D eigenvalue weighted by molar-refractivity contribution is 14.1. The number of carbonyl (C=O) groups is 6. The maximum Gasteiger partial charge on any atom is 0.322 e. The molecule has 3 unspecified atom stereocenters. The Kier molecular flexibility index (Phi) is 8.63. The van der Waals surface area contributed by atoms with Crippen LogP contribution in [0.5, 0.6) is 17.2 Å². The number of nitrogens with one attached hydrogen (secondary N) is 2. The molecule has 254 valence electrons. The molecule has 5 N–H and O–H groups in total. The maximum absolute atomic E-state index is 14.7. The van der Waals surface area contributed by atoms with Gasteiger partial charge in [0.05, 0.1) is 42.5 Å². The number of fused-ring (bicyclic) bond motifs is 1. The number of anilines is 1. The van der Waals surface area contributed by atoms with Crippen LogP contribution in [-0.2, 0) is 19.2 Å². The Hall–Kier alpha value is -4.99. The Morgan fingerprint density at radius 3 is 2.08 bits per heavy atom. The van der Waals surface area contributed by atoms with Gasteiger partial charge in [-0.15, -0.1) is 0 Å². The zero-order valence-electron chi connectivity index (χ0n) is 26.8. The fourth-order valence-electron chi connectivity index (χ4n) is 7.86. The fraction of sp³-hybridized carbons (Fsp3) is 0.314. The Bertz CT molecular complexity index is 2040. The molecule has 4 aliphatic rings. The van der Waals surface area contributed by atoms with E-state index in [-0.39, 0.29) is 70.3 Å². The third-order valence-corrected chi connectivity index (χ3v) is 10.0. The number of carbonyl (C=O) groups excluding carboxylic acids is 4. The molecule has 0 radical (unpaired) electrons. The number of hydrogen-bond donors (Lipinski definition) is 5. The number of aromatic hydroxyl groups is 1. The predicted octanol–water partition coefficient (Wildman–Crippen LogP) is 4.28. The fourth-order valence-corrected chi connectivity index (χ4v) is 8.42. The Morgan fingerprint density at radius 2 is 1.51 bits per heavy atom. The van der Waals surface area contributed by atoms with Gasteiger partial charge in [-0.2, -0.15) is 0 Å². The first-order valence-electron chi connectivity index (χ1n) is 15.3. The molecule has 3 atom stereocenters. The van der Waals surface area contributed by atoms with Crippen LogP contribution in [0.3, 0.4) is 0 Å². The third-order valence-electron chi connectivity index (χ3n) is 9.49. The summed E-state index contributed by atoms with van der Waals surface area (Å²) in [5.74, 6) is -6.89. The summed E-state index contributed by atoms with van der Waals surface area (Å²) in [6.45, 7) is 2.53. The summed E-state index contributed by atoms with van der Waals surface area (Å²) in [6, 6.07) is 2.84. The molecule has 0 aromatic heterocycles. The summed E-state index contributed by atoms with van der Waals surface area (Å²) in [7, 11) is 2.80. The van der Waals surface area contributed by atoms with Crippen molar-refractivity contribution in [3.05, 3.63) is 68.5 Å². The molecule has 0 bridgehead atoms. The molecular formula is C35H31IN2O11. The van der Waals surface area contributed by atoms with E-state index in [1.165, 1.54) is 49.8 Å². The molecule has 0 saturated heterocycles. The van der Waals surface area contributed by atoms with E-state index in [0.717, 1.165) is 0 Å². The van der Waals surface area contributed by atoms with Gasteiger partial charge >= 0.3 is 11.9 Å². The SMILES string of the molecule is COc1cc(O)c2c3c1-c1c(OC)cc(NCCCC(=O)O)c4c1C1C(=C(NCC(=O)O)C4=O)C=C(C)C(C(C)=O)C(=C(C(=O)I)C2=O)C31. The van der Waals surface area contributed by atoms with E-state index >= 15 is 0 Å². The molecule has 0 saturated carbocycles. The number of carboxylic acid groups (broad SMARTS) is 2. The number of Topliss-reactive ketones (excluding diaryl/α,β-unsaturated/α-hetero) is 3. The average molecular weight is 783 g/mol. The molecule has 49 heavy (non-hydrogen) atoms. The molecule has 0 heterocycles. The van der Waals surface area contributed by atoms with Gasteiger partial charge in [0.1, 0.15) is 29.6 Å². The van der Waals surface area contributed by atoms with Gasteiger partial charge < -0.3 is 35.4 Å². The highest BCUT2D eigenvalue weighted by atomic mass is 127. The second kappa shape index (κ2) is 12.5. The van der Waals surface area contributed by atoms with Gasteiger partial charge in [0.15, 0.2) is 0 Å². The number of carboxylic acids is 2. The quantitative estimate of drug-likeness (QED) is 0.0884.